The van der Waals surface area contributed by atoms with Gasteiger partial charge in [-0.3, -0.25) is 0 Å². The maximum Gasteiger partial charge on any atom is 0.341 e. The Kier molecular flexibility index (Phi) is 5.49. The van der Waals surface area contributed by atoms with E-state index in [1.165, 1.54) is 19.4 Å². The second-order valence-electron chi connectivity index (χ2n) is 3.67. The van der Waals surface area contributed by atoms with Crippen LogP contribution in [0.5, 0.6) is 0 Å². The Balaban J connectivity index is 3.00. The molecule has 100 valence electrons. The Morgan fingerprint density at radius 2 is 2.28 bits per heavy atom. The number of nitrogens with zero attached hydrogens (tertiary/aromatic N) is 1. The maximum atomic E-state index is 11.4. The van der Waals surface area contributed by atoms with Crippen LogP contribution in [0, 0.1) is 0 Å². The second kappa shape index (κ2) is 6.65. The summed E-state index contributed by atoms with van der Waals surface area (Å²) >= 11 is 5.75. The quantitative estimate of drug-likeness (QED) is 0.522. The van der Waals surface area contributed by atoms with Gasteiger partial charge < -0.3 is 20.3 Å². The number of rotatable bonds is 5. The van der Waals surface area contributed by atoms with Gasteiger partial charge in [-0.05, 0) is 13.1 Å². The molecule has 1 heterocycles. The lowest BCUT2D eigenvalue weighted by molar-refractivity contribution is 0.0199. The molecule has 0 aromatic carbocycles. The first-order chi connectivity index (χ1) is 8.51. The molecule has 18 heavy (non-hydrogen) atoms. The Hall–Kier alpha value is -1.21. The molecule has 0 saturated heterocycles. The van der Waals surface area contributed by atoms with Crippen molar-refractivity contribution >= 4 is 17.6 Å². The van der Waals surface area contributed by atoms with Crippen LogP contribution in [-0.2, 0) is 4.74 Å². The first-order valence-corrected chi connectivity index (χ1v) is 5.63. The molecule has 0 fully saturated rings. The predicted molar refractivity (Wildman–Crippen MR) is 65.5 cm³/mol. The van der Waals surface area contributed by atoms with Crippen LogP contribution >= 0.6 is 11.6 Å². The van der Waals surface area contributed by atoms with Crippen LogP contribution in [0.1, 0.15) is 22.0 Å². The number of carbonyl (C=O) groups is 1. The summed E-state index contributed by atoms with van der Waals surface area (Å²) in [4.78, 5) is 15.2. The Labute approximate surface area is 110 Å². The number of likely N-dealkylation sites (N-methyl/N-ethyl adjacent to an activating group) is 1. The van der Waals surface area contributed by atoms with E-state index in [-0.39, 0.29) is 17.3 Å². The number of methoxy groups -OCH3 is 1. The summed E-state index contributed by atoms with van der Waals surface area (Å²) in [6.07, 6.45) is -0.868. The highest BCUT2D eigenvalue weighted by molar-refractivity contribution is 6.32. The molecule has 1 rings (SSSR count). The molecule has 1 aromatic rings. The highest BCUT2D eigenvalue weighted by atomic mass is 35.5. The van der Waals surface area contributed by atoms with Crippen molar-refractivity contribution in [2.24, 2.45) is 0 Å². The monoisotopic (exact) mass is 274 g/mol. The van der Waals surface area contributed by atoms with E-state index in [1.54, 1.807) is 7.05 Å². The predicted octanol–water partition coefficient (Wildman–Crippen LogP) is 0.135. The SMILES string of the molecule is CNCC(O)C(O)c1cnc(Cl)c(C(=O)OC)c1. The number of nitrogens with one attached hydrogen (secondary N) is 1. The number of hydrogen-bond donors (Lipinski definition) is 3. The van der Waals surface area contributed by atoms with E-state index in [0.29, 0.717) is 5.56 Å². The number of ether oxygens (including phenoxy) is 1. The van der Waals surface area contributed by atoms with Crippen molar-refractivity contribution in [1.82, 2.24) is 10.3 Å². The van der Waals surface area contributed by atoms with Gasteiger partial charge in [-0.1, -0.05) is 11.6 Å². The molecule has 0 aliphatic rings. The average Bonchev–Trinajstić information content (AvgIpc) is 2.38. The lowest BCUT2D eigenvalue weighted by atomic mass is 10.0. The minimum atomic E-state index is -1.16. The Morgan fingerprint density at radius 3 is 2.83 bits per heavy atom. The van der Waals surface area contributed by atoms with Gasteiger partial charge in [0.05, 0.1) is 18.8 Å². The summed E-state index contributed by atoms with van der Waals surface area (Å²) in [5.41, 5.74) is 0.343. The van der Waals surface area contributed by atoms with E-state index < -0.39 is 18.2 Å². The van der Waals surface area contributed by atoms with E-state index in [2.05, 4.69) is 15.0 Å². The van der Waals surface area contributed by atoms with Crippen molar-refractivity contribution in [3.8, 4) is 0 Å². The van der Waals surface area contributed by atoms with Gasteiger partial charge in [-0.25, -0.2) is 9.78 Å². The standard InChI is InChI=1S/C11H15ClN2O4/c1-13-5-8(15)9(16)6-3-7(11(17)18-2)10(12)14-4-6/h3-4,8-9,13,15-16H,5H2,1-2H3. The van der Waals surface area contributed by atoms with Gasteiger partial charge in [-0.15, -0.1) is 0 Å². The third-order valence-corrected chi connectivity index (χ3v) is 2.69. The van der Waals surface area contributed by atoms with Gasteiger partial charge in [0, 0.05) is 18.3 Å². The largest absolute Gasteiger partial charge is 0.465 e. The second-order valence-corrected chi connectivity index (χ2v) is 4.03. The van der Waals surface area contributed by atoms with E-state index >= 15 is 0 Å². The normalized spacial score (nSPS) is 14.1. The molecule has 0 bridgehead atoms. The number of halogens is 1. The molecule has 0 saturated carbocycles. The average molecular weight is 275 g/mol. The molecule has 0 aliphatic carbocycles. The third-order valence-electron chi connectivity index (χ3n) is 2.38. The van der Waals surface area contributed by atoms with Gasteiger partial charge in [0.15, 0.2) is 0 Å². The molecule has 2 atom stereocenters. The molecular weight excluding hydrogens is 260 g/mol. The van der Waals surface area contributed by atoms with Gasteiger partial charge in [-0.2, -0.15) is 0 Å². The van der Waals surface area contributed by atoms with Crippen molar-refractivity contribution in [3.05, 3.63) is 28.5 Å². The number of pyridine rings is 1. The van der Waals surface area contributed by atoms with Crippen LogP contribution < -0.4 is 5.32 Å². The lowest BCUT2D eigenvalue weighted by Crippen LogP contribution is -2.29. The van der Waals surface area contributed by atoms with Crippen LogP contribution in [0.2, 0.25) is 5.15 Å². The zero-order valence-corrected chi connectivity index (χ0v) is 10.8. The molecule has 7 heteroatoms. The maximum absolute atomic E-state index is 11.4. The third kappa shape index (κ3) is 3.39. The number of aromatic nitrogens is 1. The van der Waals surface area contributed by atoms with Crippen LogP contribution in [0.25, 0.3) is 0 Å². The molecule has 0 radical (unpaired) electrons. The number of hydrogen-bond acceptors (Lipinski definition) is 6. The highest BCUT2D eigenvalue weighted by Crippen LogP contribution is 2.21. The molecular formula is C11H15ClN2O4. The summed E-state index contributed by atoms with van der Waals surface area (Å²) in [6.45, 7) is 0.206. The van der Waals surface area contributed by atoms with Gasteiger partial charge in [0.1, 0.15) is 11.3 Å². The molecule has 0 spiro atoms. The summed E-state index contributed by atoms with van der Waals surface area (Å²) < 4.78 is 4.54. The van der Waals surface area contributed by atoms with Crippen LogP contribution in [-0.4, -0.2) is 48.0 Å². The molecule has 3 N–H and O–H groups in total. The van der Waals surface area contributed by atoms with Gasteiger partial charge in [0.25, 0.3) is 0 Å². The van der Waals surface area contributed by atoms with Crippen LogP contribution in [0.15, 0.2) is 12.3 Å². The number of esters is 1. The van der Waals surface area contributed by atoms with Gasteiger partial charge in [0.2, 0.25) is 0 Å². The zero-order valence-electron chi connectivity index (χ0n) is 10.1. The van der Waals surface area contributed by atoms with Crippen molar-refractivity contribution in [3.63, 3.8) is 0 Å². The summed E-state index contributed by atoms with van der Waals surface area (Å²) in [7, 11) is 2.87. The minimum absolute atomic E-state index is 0.0130. The summed E-state index contributed by atoms with van der Waals surface area (Å²) in [5, 5.41) is 22.2. The smallest absolute Gasteiger partial charge is 0.341 e. The number of aliphatic hydroxyl groups excluding tert-OH is 2. The number of carbonyl (C=O) groups excluding carboxylic acids is 1. The molecule has 1 aromatic heterocycles. The van der Waals surface area contributed by atoms with E-state index in [4.69, 9.17) is 11.6 Å². The molecule has 2 unspecified atom stereocenters. The van der Waals surface area contributed by atoms with E-state index in [9.17, 15) is 15.0 Å². The first kappa shape index (κ1) is 14.8. The van der Waals surface area contributed by atoms with Crippen molar-refractivity contribution in [2.45, 2.75) is 12.2 Å². The zero-order chi connectivity index (χ0) is 13.7. The number of aliphatic hydroxyl groups is 2. The van der Waals surface area contributed by atoms with Crippen LogP contribution in [0.4, 0.5) is 0 Å². The first-order valence-electron chi connectivity index (χ1n) is 5.25. The molecule has 0 amide bonds. The van der Waals surface area contributed by atoms with Crippen molar-refractivity contribution in [1.29, 1.82) is 0 Å². The Morgan fingerprint density at radius 1 is 1.61 bits per heavy atom. The van der Waals surface area contributed by atoms with Crippen molar-refractivity contribution < 1.29 is 19.7 Å². The summed E-state index contributed by atoms with van der Waals surface area (Å²) in [5.74, 6) is -0.648. The van der Waals surface area contributed by atoms with Crippen LogP contribution in [0.3, 0.4) is 0 Å². The Bertz CT molecular complexity index is 428. The van der Waals surface area contributed by atoms with E-state index in [1.807, 2.05) is 0 Å². The fourth-order valence-electron chi connectivity index (χ4n) is 1.42. The summed E-state index contributed by atoms with van der Waals surface area (Å²) in [6, 6.07) is 1.35. The minimum Gasteiger partial charge on any atom is -0.465 e. The molecule has 6 nitrogen and oxygen atoms in total. The van der Waals surface area contributed by atoms with Gasteiger partial charge >= 0.3 is 5.97 Å². The van der Waals surface area contributed by atoms with Crippen molar-refractivity contribution in [2.75, 3.05) is 20.7 Å². The topological polar surface area (TPSA) is 91.7 Å². The fourth-order valence-corrected chi connectivity index (χ4v) is 1.60. The molecule has 0 aliphatic heterocycles. The van der Waals surface area contributed by atoms with E-state index in [0.717, 1.165) is 0 Å². The highest BCUT2D eigenvalue weighted by Gasteiger charge is 2.21. The lowest BCUT2D eigenvalue weighted by Gasteiger charge is -2.18. The fraction of sp³-hybridized carbons (Fsp3) is 0.455.